The minimum Gasteiger partial charge on any atom is -0.486 e. The van der Waals surface area contributed by atoms with Crippen LogP contribution in [0.15, 0.2) is 47.1 Å². The van der Waals surface area contributed by atoms with E-state index >= 15 is 0 Å². The lowest BCUT2D eigenvalue weighted by molar-refractivity contribution is 0.303. The van der Waals surface area contributed by atoms with E-state index in [4.69, 9.17) is 10.00 Å². The minimum atomic E-state index is 0.295. The number of ether oxygens (including phenoxy) is 1. The molecule has 17 heavy (non-hydrogen) atoms. The zero-order chi connectivity index (χ0) is 12.1. The van der Waals surface area contributed by atoms with Crippen LogP contribution in [-0.2, 0) is 6.61 Å². The summed E-state index contributed by atoms with van der Waals surface area (Å²) in [5.74, 6) is 0.491. The Morgan fingerprint density at radius 3 is 2.76 bits per heavy atom. The van der Waals surface area contributed by atoms with Crippen LogP contribution in [0.4, 0.5) is 0 Å². The summed E-state index contributed by atoms with van der Waals surface area (Å²) < 4.78 is 6.37. The average Bonchev–Trinajstić information content (AvgIpc) is 2.38. The molecule has 2 aromatic rings. The first-order valence-electron chi connectivity index (χ1n) is 5.02. The lowest BCUT2D eigenvalue weighted by Gasteiger charge is -2.07. The Hall–Kier alpha value is -1.86. The molecule has 0 bridgehead atoms. The molecule has 3 nitrogen and oxygen atoms in total. The van der Waals surface area contributed by atoms with Gasteiger partial charge in [-0.25, -0.2) is 4.98 Å². The van der Waals surface area contributed by atoms with Gasteiger partial charge in [-0.3, -0.25) is 0 Å². The Morgan fingerprint density at radius 1 is 1.29 bits per heavy atom. The summed E-state index contributed by atoms with van der Waals surface area (Å²) in [6.45, 7) is 0.424. The summed E-state index contributed by atoms with van der Waals surface area (Å²) in [6.07, 6.45) is 1.58. The molecule has 0 amide bonds. The number of benzene rings is 1. The van der Waals surface area contributed by atoms with Crippen LogP contribution in [0.5, 0.6) is 5.75 Å². The lowest BCUT2D eigenvalue weighted by atomic mass is 10.2. The molecule has 1 aromatic heterocycles. The first kappa shape index (κ1) is 11.6. The Labute approximate surface area is 108 Å². The molecule has 0 spiro atoms. The largest absolute Gasteiger partial charge is 0.486 e. The monoisotopic (exact) mass is 288 g/mol. The number of hydrogen-bond acceptors (Lipinski definition) is 3. The van der Waals surface area contributed by atoms with Gasteiger partial charge in [0.25, 0.3) is 0 Å². The zero-order valence-corrected chi connectivity index (χ0v) is 10.5. The second kappa shape index (κ2) is 5.46. The van der Waals surface area contributed by atoms with Crippen molar-refractivity contribution in [3.05, 3.63) is 58.3 Å². The summed E-state index contributed by atoms with van der Waals surface area (Å²) in [4.78, 5) is 3.98. The van der Waals surface area contributed by atoms with E-state index in [-0.39, 0.29) is 0 Å². The van der Waals surface area contributed by atoms with E-state index in [0.29, 0.717) is 18.1 Å². The molecule has 0 saturated heterocycles. The van der Waals surface area contributed by atoms with Gasteiger partial charge < -0.3 is 4.74 Å². The normalized spacial score (nSPS) is 9.65. The van der Waals surface area contributed by atoms with Gasteiger partial charge in [-0.2, -0.15) is 5.26 Å². The Balaban J connectivity index is 2.14. The molecule has 84 valence electrons. The topological polar surface area (TPSA) is 45.9 Å². The maximum Gasteiger partial charge on any atom is 0.182 e. The van der Waals surface area contributed by atoms with Crippen LogP contribution in [0, 0.1) is 11.3 Å². The number of halogens is 1. The maximum absolute atomic E-state index is 8.90. The molecule has 1 heterocycles. The number of aromatic nitrogens is 1. The summed E-state index contributed by atoms with van der Waals surface area (Å²) in [5, 5.41) is 8.90. The SMILES string of the molecule is N#Cc1ncc(Br)cc1OCc1ccccc1. The van der Waals surface area contributed by atoms with Gasteiger partial charge >= 0.3 is 0 Å². The van der Waals surface area contributed by atoms with Gasteiger partial charge in [0.05, 0.1) is 0 Å². The minimum absolute atomic E-state index is 0.295. The fourth-order valence-corrected chi connectivity index (χ4v) is 1.66. The smallest absolute Gasteiger partial charge is 0.182 e. The molecular weight excluding hydrogens is 280 g/mol. The van der Waals surface area contributed by atoms with Crippen LogP contribution < -0.4 is 4.74 Å². The molecule has 0 unspecified atom stereocenters. The van der Waals surface area contributed by atoms with Crippen molar-refractivity contribution in [1.29, 1.82) is 5.26 Å². The molecule has 0 aliphatic carbocycles. The van der Waals surface area contributed by atoms with Gasteiger partial charge in [-0.15, -0.1) is 0 Å². The van der Waals surface area contributed by atoms with Crippen LogP contribution in [0.2, 0.25) is 0 Å². The van der Waals surface area contributed by atoms with Crippen LogP contribution >= 0.6 is 15.9 Å². The van der Waals surface area contributed by atoms with Crippen LogP contribution in [0.1, 0.15) is 11.3 Å². The first-order valence-corrected chi connectivity index (χ1v) is 5.81. The molecule has 0 radical (unpaired) electrons. The van der Waals surface area contributed by atoms with Crippen molar-refractivity contribution in [2.75, 3.05) is 0 Å². The predicted molar refractivity (Wildman–Crippen MR) is 67.4 cm³/mol. The van der Waals surface area contributed by atoms with E-state index in [1.165, 1.54) is 0 Å². The van der Waals surface area contributed by atoms with E-state index in [1.807, 2.05) is 36.4 Å². The Morgan fingerprint density at radius 2 is 2.06 bits per heavy atom. The van der Waals surface area contributed by atoms with Crippen molar-refractivity contribution in [2.45, 2.75) is 6.61 Å². The zero-order valence-electron chi connectivity index (χ0n) is 8.93. The van der Waals surface area contributed by atoms with Crippen molar-refractivity contribution in [3.8, 4) is 11.8 Å². The molecule has 4 heteroatoms. The van der Waals surface area contributed by atoms with Crippen LogP contribution in [0.25, 0.3) is 0 Å². The summed E-state index contributed by atoms with van der Waals surface area (Å²) >= 11 is 3.30. The highest BCUT2D eigenvalue weighted by Gasteiger charge is 2.05. The van der Waals surface area contributed by atoms with E-state index < -0.39 is 0 Å². The van der Waals surface area contributed by atoms with Gasteiger partial charge in [0.15, 0.2) is 11.4 Å². The van der Waals surface area contributed by atoms with E-state index in [9.17, 15) is 0 Å². The summed E-state index contributed by atoms with van der Waals surface area (Å²) in [6, 6.07) is 13.5. The van der Waals surface area contributed by atoms with Gasteiger partial charge in [0, 0.05) is 10.7 Å². The molecule has 2 rings (SSSR count). The number of pyridine rings is 1. The highest BCUT2D eigenvalue weighted by molar-refractivity contribution is 9.10. The number of rotatable bonds is 3. The third-order valence-electron chi connectivity index (χ3n) is 2.16. The lowest BCUT2D eigenvalue weighted by Crippen LogP contribution is -1.98. The maximum atomic E-state index is 8.90. The molecule has 1 aromatic carbocycles. The fraction of sp³-hybridized carbons (Fsp3) is 0.0769. The van der Waals surface area contributed by atoms with Gasteiger partial charge in [-0.05, 0) is 27.6 Å². The highest BCUT2D eigenvalue weighted by Crippen LogP contribution is 2.21. The van der Waals surface area contributed by atoms with Crippen LogP contribution in [-0.4, -0.2) is 4.98 Å². The third-order valence-corrected chi connectivity index (χ3v) is 2.60. The van der Waals surface area contributed by atoms with Crippen LogP contribution in [0.3, 0.4) is 0 Å². The van der Waals surface area contributed by atoms with Gasteiger partial charge in [0.1, 0.15) is 12.7 Å². The Bertz CT molecular complexity index is 549. The molecule has 0 saturated carbocycles. The quantitative estimate of drug-likeness (QED) is 0.871. The molecule has 0 aliphatic rings. The van der Waals surface area contributed by atoms with Crippen molar-refractivity contribution >= 4 is 15.9 Å². The predicted octanol–water partition coefficient (Wildman–Crippen LogP) is 3.29. The number of nitriles is 1. The van der Waals surface area contributed by atoms with E-state index in [0.717, 1.165) is 10.0 Å². The standard InChI is InChI=1S/C13H9BrN2O/c14-11-6-13(12(7-15)16-8-11)17-9-10-4-2-1-3-5-10/h1-6,8H,9H2. The van der Waals surface area contributed by atoms with E-state index in [2.05, 4.69) is 20.9 Å². The summed E-state index contributed by atoms with van der Waals surface area (Å²) in [5.41, 5.74) is 1.35. The second-order valence-electron chi connectivity index (χ2n) is 3.39. The van der Waals surface area contributed by atoms with Crippen molar-refractivity contribution in [3.63, 3.8) is 0 Å². The van der Waals surface area contributed by atoms with Crippen molar-refractivity contribution < 1.29 is 4.74 Å². The summed E-state index contributed by atoms with van der Waals surface area (Å²) in [7, 11) is 0. The molecule has 0 fully saturated rings. The van der Waals surface area contributed by atoms with Crippen molar-refractivity contribution in [1.82, 2.24) is 4.98 Å². The molecule has 0 atom stereocenters. The molecule has 0 aliphatic heterocycles. The van der Waals surface area contributed by atoms with Gasteiger partial charge in [0.2, 0.25) is 0 Å². The fourth-order valence-electron chi connectivity index (χ4n) is 1.35. The Kier molecular flexibility index (Phi) is 3.73. The second-order valence-corrected chi connectivity index (χ2v) is 4.30. The number of hydrogen-bond donors (Lipinski definition) is 0. The first-order chi connectivity index (χ1) is 8.29. The molecular formula is C13H9BrN2O. The molecule has 0 N–H and O–H groups in total. The van der Waals surface area contributed by atoms with E-state index in [1.54, 1.807) is 12.3 Å². The van der Waals surface area contributed by atoms with Gasteiger partial charge in [-0.1, -0.05) is 30.3 Å². The average molecular weight is 289 g/mol. The number of nitrogens with zero attached hydrogens (tertiary/aromatic N) is 2. The third kappa shape index (κ3) is 3.05. The highest BCUT2D eigenvalue weighted by atomic mass is 79.9. The van der Waals surface area contributed by atoms with Crippen molar-refractivity contribution in [2.24, 2.45) is 0 Å².